The van der Waals surface area contributed by atoms with Crippen molar-refractivity contribution in [3.8, 4) is 0 Å². The Morgan fingerprint density at radius 1 is 1.26 bits per heavy atom. The van der Waals surface area contributed by atoms with Gasteiger partial charge in [0.1, 0.15) is 22.5 Å². The molecule has 1 N–H and O–H groups in total. The summed E-state index contributed by atoms with van der Waals surface area (Å²) in [4.78, 5) is 28.6. The van der Waals surface area contributed by atoms with Crippen LogP contribution in [0, 0.1) is 6.92 Å². The zero-order valence-electron chi connectivity index (χ0n) is 14.7. The second-order valence-electron chi connectivity index (χ2n) is 5.99. The first-order valence-electron chi connectivity index (χ1n) is 8.26. The quantitative estimate of drug-likeness (QED) is 0.559. The molecule has 1 amide bonds. The van der Waals surface area contributed by atoms with Gasteiger partial charge in [-0.05, 0) is 25.1 Å². The molecule has 8 nitrogen and oxygen atoms in total. The van der Waals surface area contributed by atoms with Crippen LogP contribution < -0.4 is 5.32 Å². The number of hydrogen-bond acceptors (Lipinski definition) is 6. The van der Waals surface area contributed by atoms with Crippen LogP contribution in [0.15, 0.2) is 47.1 Å². The van der Waals surface area contributed by atoms with Crippen molar-refractivity contribution in [2.45, 2.75) is 13.5 Å². The average Bonchev–Trinajstić information content (AvgIpc) is 3.29. The van der Waals surface area contributed by atoms with Crippen LogP contribution in [0.4, 0.5) is 0 Å². The Bertz CT molecular complexity index is 1180. The predicted molar refractivity (Wildman–Crippen MR) is 96.4 cm³/mol. The molecule has 0 fully saturated rings. The summed E-state index contributed by atoms with van der Waals surface area (Å²) in [5.74, 6) is -0.259. The van der Waals surface area contributed by atoms with Crippen LogP contribution in [0.2, 0.25) is 0 Å². The summed E-state index contributed by atoms with van der Waals surface area (Å²) in [6.07, 6.45) is 3.12. The molecule has 4 rings (SSSR count). The molecule has 0 unspecified atom stereocenters. The maximum atomic E-state index is 12.5. The normalized spacial score (nSPS) is 11.0. The van der Waals surface area contributed by atoms with E-state index in [0.29, 0.717) is 28.1 Å². The maximum Gasteiger partial charge on any atom is 0.341 e. The minimum absolute atomic E-state index is 0.164. The highest BCUT2D eigenvalue weighted by Gasteiger charge is 2.17. The smallest absolute Gasteiger partial charge is 0.341 e. The topological polar surface area (TPSA) is 98.7 Å². The van der Waals surface area contributed by atoms with Gasteiger partial charge in [0, 0.05) is 17.3 Å². The lowest BCUT2D eigenvalue weighted by atomic mass is 10.1. The Kier molecular flexibility index (Phi) is 4.08. The molecule has 1 aromatic carbocycles. The summed E-state index contributed by atoms with van der Waals surface area (Å²) in [7, 11) is 1.32. The number of fused-ring (bicyclic) bond motifs is 2. The molecule has 0 aliphatic carbocycles. The van der Waals surface area contributed by atoms with Gasteiger partial charge < -0.3 is 14.5 Å². The van der Waals surface area contributed by atoms with Gasteiger partial charge in [0.05, 0.1) is 19.9 Å². The third-order valence-electron chi connectivity index (χ3n) is 4.26. The number of rotatable bonds is 4. The second kappa shape index (κ2) is 6.56. The zero-order valence-corrected chi connectivity index (χ0v) is 14.7. The summed E-state index contributed by atoms with van der Waals surface area (Å²) in [6, 6.07) is 8.80. The summed E-state index contributed by atoms with van der Waals surface area (Å²) >= 11 is 0. The minimum Gasteiger partial charge on any atom is -0.465 e. The number of carbonyl (C=O) groups is 2. The number of nitrogens with zero attached hydrogens (tertiary/aromatic N) is 3. The van der Waals surface area contributed by atoms with Crippen molar-refractivity contribution in [3.05, 3.63) is 65.3 Å². The molecule has 0 saturated heterocycles. The molecular weight excluding hydrogens is 348 g/mol. The number of ether oxygens (including phenoxy) is 1. The van der Waals surface area contributed by atoms with E-state index in [0.717, 1.165) is 11.1 Å². The number of para-hydroxylation sites is 1. The zero-order chi connectivity index (χ0) is 19.0. The number of amides is 1. The van der Waals surface area contributed by atoms with Gasteiger partial charge in [-0.25, -0.2) is 14.3 Å². The number of esters is 1. The second-order valence-corrected chi connectivity index (χ2v) is 5.99. The van der Waals surface area contributed by atoms with Gasteiger partial charge in [-0.1, -0.05) is 12.1 Å². The summed E-state index contributed by atoms with van der Waals surface area (Å²) in [5, 5.41) is 7.74. The highest BCUT2D eigenvalue weighted by atomic mass is 16.5. The number of carbonyl (C=O) groups excluding carboxylic acids is 2. The Morgan fingerprint density at radius 2 is 2.11 bits per heavy atom. The van der Waals surface area contributed by atoms with E-state index in [-0.39, 0.29) is 12.5 Å². The Morgan fingerprint density at radius 3 is 2.93 bits per heavy atom. The van der Waals surface area contributed by atoms with Crippen LogP contribution >= 0.6 is 0 Å². The molecule has 0 aliphatic rings. The number of aryl methyl sites for hydroxylation is 1. The van der Waals surface area contributed by atoms with Crippen molar-refractivity contribution >= 4 is 28.5 Å². The van der Waals surface area contributed by atoms with E-state index in [1.807, 2.05) is 19.1 Å². The summed E-state index contributed by atoms with van der Waals surface area (Å²) in [5.41, 5.74) is 2.53. The number of aromatic nitrogens is 3. The van der Waals surface area contributed by atoms with Crippen LogP contribution in [-0.2, 0) is 11.3 Å². The standard InChI is InChI=1S/C19H16N4O4/c1-11-6-7-20-17-15(10-22-23(11)17)18(24)21-9-13-8-12-4-3-5-14(16(12)27-13)19(25)26-2/h3-8,10H,9H2,1-2H3,(H,21,24). The molecule has 0 saturated carbocycles. The third-order valence-corrected chi connectivity index (χ3v) is 4.26. The number of furan rings is 1. The molecule has 3 aromatic heterocycles. The first-order chi connectivity index (χ1) is 13.1. The van der Waals surface area contributed by atoms with Crippen LogP contribution in [-0.4, -0.2) is 33.6 Å². The summed E-state index contributed by atoms with van der Waals surface area (Å²) in [6.45, 7) is 2.05. The molecule has 8 heteroatoms. The van der Waals surface area contributed by atoms with Gasteiger partial charge in [0.2, 0.25) is 0 Å². The Hall–Kier alpha value is -3.68. The SMILES string of the molecule is COC(=O)c1cccc2cc(CNC(=O)c3cnn4c(C)ccnc34)oc12. The van der Waals surface area contributed by atoms with Crippen LogP contribution in [0.5, 0.6) is 0 Å². The predicted octanol–water partition coefficient (Wildman–Crippen LogP) is 2.50. The van der Waals surface area contributed by atoms with E-state index in [1.54, 1.807) is 28.9 Å². The van der Waals surface area contributed by atoms with E-state index < -0.39 is 5.97 Å². The molecule has 136 valence electrons. The maximum absolute atomic E-state index is 12.5. The molecule has 0 bridgehead atoms. The van der Waals surface area contributed by atoms with E-state index in [9.17, 15) is 9.59 Å². The lowest BCUT2D eigenvalue weighted by Gasteiger charge is -2.02. The number of benzene rings is 1. The van der Waals surface area contributed by atoms with Gasteiger partial charge in [0.25, 0.3) is 5.91 Å². The van der Waals surface area contributed by atoms with Gasteiger partial charge >= 0.3 is 5.97 Å². The van der Waals surface area contributed by atoms with Crippen molar-refractivity contribution in [2.24, 2.45) is 0 Å². The fraction of sp³-hybridized carbons (Fsp3) is 0.158. The van der Waals surface area contributed by atoms with Gasteiger partial charge in [-0.2, -0.15) is 5.10 Å². The number of hydrogen-bond donors (Lipinski definition) is 1. The highest BCUT2D eigenvalue weighted by Crippen LogP contribution is 2.24. The van der Waals surface area contributed by atoms with Crippen LogP contribution in [0.25, 0.3) is 16.6 Å². The van der Waals surface area contributed by atoms with Gasteiger partial charge in [0.15, 0.2) is 5.65 Å². The van der Waals surface area contributed by atoms with E-state index >= 15 is 0 Å². The number of nitrogens with one attached hydrogen (secondary N) is 1. The van der Waals surface area contributed by atoms with Crippen molar-refractivity contribution in [1.29, 1.82) is 0 Å². The first kappa shape index (κ1) is 16.8. The van der Waals surface area contributed by atoms with Crippen LogP contribution in [0.1, 0.15) is 32.2 Å². The molecule has 27 heavy (non-hydrogen) atoms. The largest absolute Gasteiger partial charge is 0.465 e. The molecular formula is C19H16N4O4. The van der Waals surface area contributed by atoms with E-state index in [1.165, 1.54) is 13.3 Å². The minimum atomic E-state index is -0.474. The van der Waals surface area contributed by atoms with E-state index in [4.69, 9.17) is 9.15 Å². The first-order valence-corrected chi connectivity index (χ1v) is 8.26. The Labute approximate surface area is 153 Å². The molecule has 0 aliphatic heterocycles. The third kappa shape index (κ3) is 2.91. The average molecular weight is 364 g/mol. The fourth-order valence-corrected chi connectivity index (χ4v) is 2.91. The highest BCUT2D eigenvalue weighted by molar-refractivity contribution is 6.02. The van der Waals surface area contributed by atoms with Crippen molar-refractivity contribution in [2.75, 3.05) is 7.11 Å². The lowest BCUT2D eigenvalue weighted by molar-refractivity contribution is 0.0601. The lowest BCUT2D eigenvalue weighted by Crippen LogP contribution is -2.22. The molecule has 0 spiro atoms. The van der Waals surface area contributed by atoms with Gasteiger partial charge in [-0.3, -0.25) is 4.79 Å². The molecule has 4 aromatic rings. The van der Waals surface area contributed by atoms with Crippen molar-refractivity contribution in [1.82, 2.24) is 19.9 Å². The Balaban J connectivity index is 1.57. The monoisotopic (exact) mass is 364 g/mol. The fourth-order valence-electron chi connectivity index (χ4n) is 2.91. The van der Waals surface area contributed by atoms with Gasteiger partial charge in [-0.15, -0.1) is 0 Å². The molecule has 3 heterocycles. The van der Waals surface area contributed by atoms with Crippen LogP contribution in [0.3, 0.4) is 0 Å². The molecule has 0 radical (unpaired) electrons. The van der Waals surface area contributed by atoms with Crippen molar-refractivity contribution < 1.29 is 18.7 Å². The van der Waals surface area contributed by atoms with Crippen molar-refractivity contribution in [3.63, 3.8) is 0 Å². The van der Waals surface area contributed by atoms with E-state index in [2.05, 4.69) is 15.4 Å². The number of methoxy groups -OCH3 is 1. The molecule has 0 atom stereocenters. The summed E-state index contributed by atoms with van der Waals surface area (Å²) < 4.78 is 12.1.